The van der Waals surface area contributed by atoms with E-state index in [1.165, 1.54) is 5.56 Å². The highest BCUT2D eigenvalue weighted by Gasteiger charge is 2.20. The van der Waals surface area contributed by atoms with E-state index in [-0.39, 0.29) is 5.91 Å². The van der Waals surface area contributed by atoms with Crippen LogP contribution in [0, 0.1) is 6.92 Å². The molecule has 0 aliphatic carbocycles. The van der Waals surface area contributed by atoms with Crippen molar-refractivity contribution in [1.29, 1.82) is 0 Å². The van der Waals surface area contributed by atoms with Gasteiger partial charge in [0.25, 0.3) is 0 Å². The second-order valence-corrected chi connectivity index (χ2v) is 5.01. The summed E-state index contributed by atoms with van der Waals surface area (Å²) in [4.78, 5) is 14.1. The minimum atomic E-state index is -0.00393. The van der Waals surface area contributed by atoms with Gasteiger partial charge in [0.2, 0.25) is 5.91 Å². The zero-order valence-corrected chi connectivity index (χ0v) is 11.4. The van der Waals surface area contributed by atoms with Crippen molar-refractivity contribution in [3.05, 3.63) is 47.3 Å². The molecule has 2 aromatic rings. The molecule has 1 aromatic heterocycles. The standard InChI is InChI=1S/C15H17N3O2/c1-11-8-13(20-17-11)9-16-15(19)10-18-7-6-12-4-2-3-5-14(12)18/h2-5,8H,6-7,9-10H2,1H3,(H,16,19). The van der Waals surface area contributed by atoms with E-state index in [1.807, 2.05) is 25.1 Å². The largest absolute Gasteiger partial charge is 0.362 e. The molecule has 5 heteroatoms. The van der Waals surface area contributed by atoms with Gasteiger partial charge < -0.3 is 14.7 Å². The van der Waals surface area contributed by atoms with Crippen molar-refractivity contribution >= 4 is 11.6 Å². The number of hydrogen-bond donors (Lipinski definition) is 1. The third-order valence-corrected chi connectivity index (χ3v) is 3.45. The van der Waals surface area contributed by atoms with Crippen molar-refractivity contribution in [1.82, 2.24) is 10.5 Å². The number of carbonyl (C=O) groups excluding carboxylic acids is 1. The summed E-state index contributed by atoms with van der Waals surface area (Å²) in [6.07, 6.45) is 1.00. The molecule has 1 aromatic carbocycles. The van der Waals surface area contributed by atoms with Crippen LogP contribution in [0.4, 0.5) is 5.69 Å². The van der Waals surface area contributed by atoms with Crippen LogP contribution in [0.15, 0.2) is 34.9 Å². The van der Waals surface area contributed by atoms with E-state index >= 15 is 0 Å². The first kappa shape index (κ1) is 12.7. The van der Waals surface area contributed by atoms with Gasteiger partial charge in [0, 0.05) is 18.3 Å². The lowest BCUT2D eigenvalue weighted by atomic mass is 10.2. The van der Waals surface area contributed by atoms with Crippen molar-refractivity contribution in [3.63, 3.8) is 0 Å². The van der Waals surface area contributed by atoms with Crippen LogP contribution in [0.3, 0.4) is 0 Å². The van der Waals surface area contributed by atoms with Gasteiger partial charge in [-0.05, 0) is 25.0 Å². The number of nitrogens with one attached hydrogen (secondary N) is 1. The molecule has 0 saturated carbocycles. The molecule has 0 spiro atoms. The molecular formula is C15H17N3O2. The number of fused-ring (bicyclic) bond motifs is 1. The van der Waals surface area contributed by atoms with Gasteiger partial charge in [0.05, 0.1) is 18.8 Å². The number of nitrogens with zero attached hydrogens (tertiary/aromatic N) is 2. The van der Waals surface area contributed by atoms with Crippen LogP contribution in [0.1, 0.15) is 17.0 Å². The van der Waals surface area contributed by atoms with E-state index in [0.29, 0.717) is 18.8 Å². The summed E-state index contributed by atoms with van der Waals surface area (Å²) in [5, 5.41) is 6.65. The van der Waals surface area contributed by atoms with Crippen molar-refractivity contribution < 1.29 is 9.32 Å². The van der Waals surface area contributed by atoms with Crippen LogP contribution >= 0.6 is 0 Å². The predicted molar refractivity (Wildman–Crippen MR) is 75.4 cm³/mol. The number of anilines is 1. The number of amides is 1. The number of para-hydroxylation sites is 1. The Labute approximate surface area is 117 Å². The molecule has 20 heavy (non-hydrogen) atoms. The fourth-order valence-electron chi connectivity index (χ4n) is 2.49. The normalized spacial score (nSPS) is 13.3. The highest BCUT2D eigenvalue weighted by molar-refractivity contribution is 5.82. The SMILES string of the molecule is Cc1cc(CNC(=O)CN2CCc3ccccc32)on1. The molecule has 0 radical (unpaired) electrons. The number of benzene rings is 1. The third kappa shape index (κ3) is 2.66. The minimum Gasteiger partial charge on any atom is -0.362 e. The number of carbonyl (C=O) groups is 1. The number of aryl methyl sites for hydroxylation is 1. The van der Waals surface area contributed by atoms with Crippen LogP contribution in [-0.2, 0) is 17.8 Å². The molecule has 104 valence electrons. The zero-order valence-electron chi connectivity index (χ0n) is 11.4. The van der Waals surface area contributed by atoms with Crippen LogP contribution in [-0.4, -0.2) is 24.2 Å². The molecule has 1 aliphatic rings. The van der Waals surface area contributed by atoms with E-state index in [4.69, 9.17) is 4.52 Å². The zero-order chi connectivity index (χ0) is 13.9. The Balaban J connectivity index is 1.55. The van der Waals surface area contributed by atoms with Crippen molar-refractivity contribution in [2.75, 3.05) is 18.0 Å². The predicted octanol–water partition coefficient (Wildman–Crippen LogP) is 1.66. The Morgan fingerprint density at radius 2 is 2.30 bits per heavy atom. The monoisotopic (exact) mass is 271 g/mol. The molecular weight excluding hydrogens is 254 g/mol. The topological polar surface area (TPSA) is 58.4 Å². The number of aromatic nitrogens is 1. The third-order valence-electron chi connectivity index (χ3n) is 3.45. The molecule has 0 atom stereocenters. The molecule has 5 nitrogen and oxygen atoms in total. The number of rotatable bonds is 4. The second kappa shape index (κ2) is 5.36. The van der Waals surface area contributed by atoms with Gasteiger partial charge in [0.15, 0.2) is 5.76 Å². The van der Waals surface area contributed by atoms with E-state index < -0.39 is 0 Å². The molecule has 0 saturated heterocycles. The van der Waals surface area contributed by atoms with Crippen molar-refractivity contribution in [2.24, 2.45) is 0 Å². The highest BCUT2D eigenvalue weighted by Crippen LogP contribution is 2.26. The van der Waals surface area contributed by atoms with Crippen LogP contribution in [0.25, 0.3) is 0 Å². The molecule has 1 amide bonds. The Kier molecular flexibility index (Phi) is 3.41. The quantitative estimate of drug-likeness (QED) is 0.919. The fourth-order valence-corrected chi connectivity index (χ4v) is 2.49. The van der Waals surface area contributed by atoms with E-state index in [1.54, 1.807) is 0 Å². The summed E-state index contributed by atoms with van der Waals surface area (Å²) in [6.45, 7) is 3.52. The molecule has 1 N–H and O–H groups in total. The Bertz CT molecular complexity index is 621. The van der Waals surface area contributed by atoms with Gasteiger partial charge in [0.1, 0.15) is 0 Å². The summed E-state index contributed by atoms with van der Waals surface area (Å²) in [6, 6.07) is 10.0. The molecule has 0 bridgehead atoms. The maximum atomic E-state index is 12.0. The summed E-state index contributed by atoms with van der Waals surface area (Å²) >= 11 is 0. The minimum absolute atomic E-state index is 0.00393. The Hall–Kier alpha value is -2.30. The lowest BCUT2D eigenvalue weighted by Gasteiger charge is -2.18. The van der Waals surface area contributed by atoms with Gasteiger partial charge in [-0.1, -0.05) is 23.4 Å². The van der Waals surface area contributed by atoms with E-state index in [0.717, 1.165) is 24.3 Å². The maximum Gasteiger partial charge on any atom is 0.239 e. The highest BCUT2D eigenvalue weighted by atomic mass is 16.5. The average molecular weight is 271 g/mol. The molecule has 2 heterocycles. The smallest absolute Gasteiger partial charge is 0.239 e. The second-order valence-electron chi connectivity index (χ2n) is 5.01. The van der Waals surface area contributed by atoms with Gasteiger partial charge in [-0.3, -0.25) is 4.79 Å². The lowest BCUT2D eigenvalue weighted by molar-refractivity contribution is -0.120. The average Bonchev–Trinajstić information content (AvgIpc) is 3.04. The van der Waals surface area contributed by atoms with Crippen LogP contribution < -0.4 is 10.2 Å². The summed E-state index contributed by atoms with van der Waals surface area (Å²) in [7, 11) is 0. The molecule has 1 aliphatic heterocycles. The summed E-state index contributed by atoms with van der Waals surface area (Å²) in [5.41, 5.74) is 3.30. The van der Waals surface area contributed by atoms with Crippen LogP contribution in [0.2, 0.25) is 0 Å². The molecule has 0 fully saturated rings. The number of hydrogen-bond acceptors (Lipinski definition) is 4. The maximum absolute atomic E-state index is 12.0. The molecule has 0 unspecified atom stereocenters. The molecule has 3 rings (SSSR count). The van der Waals surface area contributed by atoms with Gasteiger partial charge in [-0.25, -0.2) is 0 Å². The lowest BCUT2D eigenvalue weighted by Crippen LogP contribution is -2.36. The van der Waals surface area contributed by atoms with Crippen molar-refractivity contribution in [3.8, 4) is 0 Å². The van der Waals surface area contributed by atoms with Crippen LogP contribution in [0.5, 0.6) is 0 Å². The first-order chi connectivity index (χ1) is 9.72. The van der Waals surface area contributed by atoms with Gasteiger partial charge in [-0.2, -0.15) is 0 Å². The first-order valence-corrected chi connectivity index (χ1v) is 6.74. The van der Waals surface area contributed by atoms with E-state index in [2.05, 4.69) is 27.5 Å². The Morgan fingerprint density at radius 1 is 1.45 bits per heavy atom. The summed E-state index contributed by atoms with van der Waals surface area (Å²) < 4.78 is 5.06. The first-order valence-electron chi connectivity index (χ1n) is 6.74. The summed E-state index contributed by atoms with van der Waals surface area (Å²) in [5.74, 6) is 0.674. The van der Waals surface area contributed by atoms with Gasteiger partial charge >= 0.3 is 0 Å². The van der Waals surface area contributed by atoms with Gasteiger partial charge in [-0.15, -0.1) is 0 Å². The fraction of sp³-hybridized carbons (Fsp3) is 0.333. The Morgan fingerprint density at radius 3 is 3.10 bits per heavy atom. The van der Waals surface area contributed by atoms with E-state index in [9.17, 15) is 4.79 Å². The van der Waals surface area contributed by atoms with Crippen molar-refractivity contribution in [2.45, 2.75) is 19.9 Å².